The van der Waals surface area contributed by atoms with Crippen LogP contribution in [0.3, 0.4) is 0 Å². The first kappa shape index (κ1) is 12.6. The van der Waals surface area contributed by atoms with Gasteiger partial charge in [0.05, 0.1) is 23.7 Å². The highest BCUT2D eigenvalue weighted by atomic mass is 16.5. The summed E-state index contributed by atoms with van der Waals surface area (Å²) in [5, 5.41) is 0. The van der Waals surface area contributed by atoms with Crippen molar-refractivity contribution in [3.8, 4) is 0 Å². The summed E-state index contributed by atoms with van der Waals surface area (Å²) in [6.45, 7) is 6.70. The molecule has 1 aromatic heterocycles. The molecule has 4 nitrogen and oxygen atoms in total. The fourth-order valence-corrected chi connectivity index (χ4v) is 1.43. The van der Waals surface area contributed by atoms with Gasteiger partial charge in [0.25, 0.3) is 6.47 Å². The topological polar surface area (TPSA) is 52.1 Å². The zero-order chi connectivity index (χ0) is 12.0. The smallest absolute Gasteiger partial charge is 0.293 e. The van der Waals surface area contributed by atoms with E-state index in [4.69, 9.17) is 0 Å². The van der Waals surface area contributed by atoms with Gasteiger partial charge in [0.15, 0.2) is 0 Å². The fourth-order valence-electron chi connectivity index (χ4n) is 1.43. The summed E-state index contributed by atoms with van der Waals surface area (Å²) in [4.78, 5) is 17.9. The molecule has 1 fully saturated rings. The van der Waals surface area contributed by atoms with E-state index in [9.17, 15) is 4.79 Å². The number of hydrogen-bond acceptors (Lipinski definition) is 4. The van der Waals surface area contributed by atoms with Crippen molar-refractivity contribution < 1.29 is 9.53 Å². The van der Waals surface area contributed by atoms with Crippen molar-refractivity contribution in [1.29, 1.82) is 0 Å². The van der Waals surface area contributed by atoms with Gasteiger partial charge in [0.1, 0.15) is 0 Å². The molecule has 0 amide bonds. The van der Waals surface area contributed by atoms with Crippen LogP contribution in [-0.4, -0.2) is 23.0 Å². The van der Waals surface area contributed by atoms with E-state index >= 15 is 0 Å². The lowest BCUT2D eigenvalue weighted by atomic mass is 10.2. The first-order chi connectivity index (χ1) is 7.69. The summed E-state index contributed by atoms with van der Waals surface area (Å²) in [6, 6.07) is 0. The standard InChI is InChI=1S/C9H12N2.C3H6O2/c1-6-5-10-9(7(2)11-6)8-3-4-8;1-2-5-3-4/h5,8H,3-4H2,1-2H3;3H,2H2,1H3. The molecule has 0 spiro atoms. The van der Waals surface area contributed by atoms with Gasteiger partial charge in [-0.25, -0.2) is 0 Å². The van der Waals surface area contributed by atoms with E-state index in [1.54, 1.807) is 6.92 Å². The summed E-state index contributed by atoms with van der Waals surface area (Å²) in [5.41, 5.74) is 3.36. The minimum Gasteiger partial charge on any atom is -0.468 e. The number of hydrogen-bond donors (Lipinski definition) is 0. The van der Waals surface area contributed by atoms with E-state index in [2.05, 4.69) is 14.7 Å². The van der Waals surface area contributed by atoms with Crippen LogP contribution in [0, 0.1) is 13.8 Å². The largest absolute Gasteiger partial charge is 0.468 e. The van der Waals surface area contributed by atoms with E-state index < -0.39 is 0 Å². The molecule has 2 rings (SSSR count). The summed E-state index contributed by atoms with van der Waals surface area (Å²) in [5.74, 6) is 0.725. The van der Waals surface area contributed by atoms with Gasteiger partial charge in [-0.2, -0.15) is 0 Å². The molecule has 16 heavy (non-hydrogen) atoms. The predicted octanol–water partition coefficient (Wildman–Crippen LogP) is 2.15. The second-order valence-electron chi connectivity index (χ2n) is 3.81. The van der Waals surface area contributed by atoms with Gasteiger partial charge in [-0.05, 0) is 33.6 Å². The van der Waals surface area contributed by atoms with E-state index in [1.807, 2.05) is 20.0 Å². The Kier molecular flexibility index (Phi) is 4.89. The number of carbonyl (C=O) groups excluding carboxylic acids is 1. The van der Waals surface area contributed by atoms with Gasteiger partial charge in [-0.3, -0.25) is 14.8 Å². The predicted molar refractivity (Wildman–Crippen MR) is 61.2 cm³/mol. The minimum absolute atomic E-state index is 0.431. The number of carbonyl (C=O) groups is 1. The Morgan fingerprint density at radius 3 is 2.56 bits per heavy atom. The second-order valence-corrected chi connectivity index (χ2v) is 3.81. The van der Waals surface area contributed by atoms with Crippen molar-refractivity contribution in [3.63, 3.8) is 0 Å². The zero-order valence-corrected chi connectivity index (χ0v) is 10.1. The molecule has 0 aliphatic heterocycles. The highest BCUT2D eigenvalue weighted by Gasteiger charge is 2.26. The quantitative estimate of drug-likeness (QED) is 0.735. The molecular formula is C12H18N2O2. The van der Waals surface area contributed by atoms with Crippen molar-refractivity contribution in [2.45, 2.75) is 39.5 Å². The van der Waals surface area contributed by atoms with Gasteiger partial charge in [-0.1, -0.05) is 0 Å². The molecule has 1 aliphatic rings. The van der Waals surface area contributed by atoms with Crippen LogP contribution in [0.2, 0.25) is 0 Å². The van der Waals surface area contributed by atoms with Crippen LogP contribution in [0.5, 0.6) is 0 Å². The number of aryl methyl sites for hydroxylation is 2. The fraction of sp³-hybridized carbons (Fsp3) is 0.583. The molecule has 0 N–H and O–H groups in total. The molecule has 1 heterocycles. The van der Waals surface area contributed by atoms with Crippen molar-refractivity contribution in [1.82, 2.24) is 9.97 Å². The van der Waals surface area contributed by atoms with Crippen molar-refractivity contribution >= 4 is 6.47 Å². The molecule has 0 saturated heterocycles. The van der Waals surface area contributed by atoms with Crippen LogP contribution in [0.15, 0.2) is 6.20 Å². The number of nitrogens with zero attached hydrogens (tertiary/aromatic N) is 2. The molecule has 0 radical (unpaired) electrons. The highest BCUT2D eigenvalue weighted by molar-refractivity contribution is 5.36. The van der Waals surface area contributed by atoms with Crippen LogP contribution in [0.4, 0.5) is 0 Å². The number of aromatic nitrogens is 2. The van der Waals surface area contributed by atoms with Gasteiger partial charge in [0.2, 0.25) is 0 Å². The number of rotatable bonds is 3. The first-order valence-corrected chi connectivity index (χ1v) is 5.54. The molecule has 0 unspecified atom stereocenters. The molecule has 0 atom stereocenters. The SMILES string of the molecule is CCOC=O.Cc1cnc(C2CC2)c(C)n1. The van der Waals surface area contributed by atoms with Gasteiger partial charge in [0, 0.05) is 12.1 Å². The van der Waals surface area contributed by atoms with E-state index in [-0.39, 0.29) is 0 Å². The monoisotopic (exact) mass is 222 g/mol. The summed E-state index contributed by atoms with van der Waals surface area (Å²) < 4.78 is 4.15. The second kappa shape index (κ2) is 6.20. The maximum atomic E-state index is 9.18. The first-order valence-electron chi connectivity index (χ1n) is 5.54. The normalized spacial score (nSPS) is 13.7. The van der Waals surface area contributed by atoms with Gasteiger partial charge >= 0.3 is 0 Å². The summed E-state index contributed by atoms with van der Waals surface area (Å²) in [7, 11) is 0. The highest BCUT2D eigenvalue weighted by Crippen LogP contribution is 2.39. The van der Waals surface area contributed by atoms with E-state index in [0.717, 1.165) is 17.3 Å². The van der Waals surface area contributed by atoms with Crippen LogP contribution < -0.4 is 0 Å². The Balaban J connectivity index is 0.000000221. The molecular weight excluding hydrogens is 204 g/mol. The average Bonchev–Trinajstić information content (AvgIpc) is 3.03. The van der Waals surface area contributed by atoms with E-state index in [0.29, 0.717) is 13.1 Å². The molecule has 88 valence electrons. The lowest BCUT2D eigenvalue weighted by Crippen LogP contribution is -1.96. The number of ether oxygens (including phenoxy) is 1. The Labute approximate surface area is 96.1 Å². The maximum Gasteiger partial charge on any atom is 0.293 e. The Morgan fingerprint density at radius 1 is 1.50 bits per heavy atom. The maximum absolute atomic E-state index is 9.18. The van der Waals surface area contributed by atoms with Crippen LogP contribution in [-0.2, 0) is 9.53 Å². The molecule has 1 saturated carbocycles. The molecule has 1 aliphatic carbocycles. The van der Waals surface area contributed by atoms with Crippen LogP contribution in [0.1, 0.15) is 42.8 Å². The Morgan fingerprint density at radius 2 is 2.19 bits per heavy atom. The molecule has 0 bridgehead atoms. The lowest BCUT2D eigenvalue weighted by molar-refractivity contribution is -0.128. The van der Waals surface area contributed by atoms with Gasteiger partial charge < -0.3 is 4.74 Å². The zero-order valence-electron chi connectivity index (χ0n) is 10.1. The summed E-state index contributed by atoms with van der Waals surface area (Å²) >= 11 is 0. The third kappa shape index (κ3) is 3.96. The minimum atomic E-state index is 0.431. The third-order valence-electron chi connectivity index (χ3n) is 2.30. The van der Waals surface area contributed by atoms with Crippen molar-refractivity contribution in [2.24, 2.45) is 0 Å². The van der Waals surface area contributed by atoms with Crippen molar-refractivity contribution in [3.05, 3.63) is 23.3 Å². The van der Waals surface area contributed by atoms with Gasteiger partial charge in [-0.15, -0.1) is 0 Å². The van der Waals surface area contributed by atoms with Crippen molar-refractivity contribution in [2.75, 3.05) is 6.61 Å². The summed E-state index contributed by atoms with van der Waals surface area (Å²) in [6.07, 6.45) is 4.47. The molecule has 1 aromatic rings. The Hall–Kier alpha value is -1.45. The third-order valence-corrected chi connectivity index (χ3v) is 2.30. The Bertz CT molecular complexity index is 349. The average molecular weight is 222 g/mol. The lowest BCUT2D eigenvalue weighted by Gasteiger charge is -2.01. The van der Waals surface area contributed by atoms with Crippen LogP contribution in [0.25, 0.3) is 0 Å². The van der Waals surface area contributed by atoms with E-state index in [1.165, 1.54) is 18.5 Å². The van der Waals surface area contributed by atoms with Crippen LogP contribution >= 0.6 is 0 Å². The molecule has 4 heteroatoms. The molecule has 0 aromatic carbocycles.